The molecule has 0 bridgehead atoms. The molecule has 36 heavy (non-hydrogen) atoms. The zero-order valence-electron chi connectivity index (χ0n) is 21.9. The number of nitrogens with zero attached hydrogens (tertiary/aromatic N) is 2. The van der Waals surface area contributed by atoms with Crippen molar-refractivity contribution in [1.82, 2.24) is 10.2 Å². The minimum Gasteiger partial charge on any atom is -0.497 e. The molecule has 0 fully saturated rings. The van der Waals surface area contributed by atoms with Crippen LogP contribution in [0.1, 0.15) is 32.8 Å². The van der Waals surface area contributed by atoms with Crippen molar-refractivity contribution < 1.29 is 27.5 Å². The molecular weight excluding hydrogens is 482 g/mol. The van der Waals surface area contributed by atoms with Crippen molar-refractivity contribution in [1.29, 1.82) is 0 Å². The maximum Gasteiger partial charge on any atom is 0.244 e. The average molecular weight is 520 g/mol. The van der Waals surface area contributed by atoms with Gasteiger partial charge in [-0.15, -0.1) is 0 Å². The first-order valence-electron chi connectivity index (χ1n) is 11.8. The number of para-hydroxylation sites is 2. The summed E-state index contributed by atoms with van der Waals surface area (Å²) < 4.78 is 37.2. The van der Waals surface area contributed by atoms with E-state index in [-0.39, 0.29) is 24.1 Å². The fourth-order valence-electron chi connectivity index (χ4n) is 3.74. The molecule has 0 aliphatic heterocycles. The van der Waals surface area contributed by atoms with E-state index < -0.39 is 28.5 Å². The van der Waals surface area contributed by atoms with E-state index in [0.717, 1.165) is 16.1 Å². The summed E-state index contributed by atoms with van der Waals surface area (Å²) in [5.41, 5.74) is 0.996. The zero-order chi connectivity index (χ0) is 26.9. The quantitative estimate of drug-likeness (QED) is 0.436. The third kappa shape index (κ3) is 7.87. The molecule has 2 rings (SSSR count). The lowest BCUT2D eigenvalue weighted by Gasteiger charge is -2.33. The number of rotatable bonds is 13. The third-order valence-corrected chi connectivity index (χ3v) is 6.72. The van der Waals surface area contributed by atoms with Crippen molar-refractivity contribution in [3.8, 4) is 11.5 Å². The molecule has 2 amide bonds. The van der Waals surface area contributed by atoms with Crippen molar-refractivity contribution in [2.75, 3.05) is 37.9 Å². The molecular formula is C26H37N3O6S. The molecule has 10 heteroatoms. The normalized spacial score (nSPS) is 12.1. The maximum atomic E-state index is 13.7. The number of carbonyl (C=O) groups is 2. The van der Waals surface area contributed by atoms with E-state index in [0.29, 0.717) is 24.5 Å². The highest BCUT2D eigenvalue weighted by Crippen LogP contribution is 2.30. The number of ether oxygens (including phenoxy) is 2. The molecule has 198 valence electrons. The number of anilines is 1. The number of hydrogen-bond donors (Lipinski definition) is 1. The maximum absolute atomic E-state index is 13.7. The van der Waals surface area contributed by atoms with Gasteiger partial charge in [-0.1, -0.05) is 45.0 Å². The first kappa shape index (κ1) is 29.0. The Bertz CT molecular complexity index is 1140. The van der Waals surface area contributed by atoms with Gasteiger partial charge in [-0.05, 0) is 42.2 Å². The van der Waals surface area contributed by atoms with Crippen LogP contribution in [-0.4, -0.2) is 64.7 Å². The number of nitrogens with one attached hydrogen (secondary N) is 1. The summed E-state index contributed by atoms with van der Waals surface area (Å²) in [4.78, 5) is 28.3. The van der Waals surface area contributed by atoms with Crippen LogP contribution in [0.2, 0.25) is 0 Å². The van der Waals surface area contributed by atoms with Gasteiger partial charge in [0, 0.05) is 13.1 Å². The van der Waals surface area contributed by atoms with Crippen molar-refractivity contribution in [2.45, 2.75) is 39.8 Å². The summed E-state index contributed by atoms with van der Waals surface area (Å²) in [5.74, 6) is 0.368. The first-order valence-corrected chi connectivity index (χ1v) is 13.7. The largest absolute Gasteiger partial charge is 0.497 e. The molecule has 1 N–H and O–H groups in total. The highest BCUT2D eigenvalue weighted by molar-refractivity contribution is 7.92. The lowest BCUT2D eigenvalue weighted by molar-refractivity contribution is -0.140. The second-order valence-corrected chi connectivity index (χ2v) is 10.8. The summed E-state index contributed by atoms with van der Waals surface area (Å²) in [6, 6.07) is 13.0. The van der Waals surface area contributed by atoms with Gasteiger partial charge in [0.25, 0.3) is 0 Å². The van der Waals surface area contributed by atoms with Gasteiger partial charge in [-0.3, -0.25) is 13.9 Å². The summed E-state index contributed by atoms with van der Waals surface area (Å²) in [6.07, 6.45) is 1.39. The fraction of sp³-hybridized carbons (Fsp3) is 0.462. The number of carbonyl (C=O) groups excluding carboxylic acids is 2. The van der Waals surface area contributed by atoms with Gasteiger partial charge >= 0.3 is 0 Å². The molecule has 0 unspecified atom stereocenters. The minimum atomic E-state index is -3.85. The molecule has 9 nitrogen and oxygen atoms in total. The Morgan fingerprint density at radius 2 is 1.72 bits per heavy atom. The van der Waals surface area contributed by atoms with Crippen LogP contribution in [-0.2, 0) is 26.2 Å². The van der Waals surface area contributed by atoms with Crippen LogP contribution in [0, 0.1) is 5.92 Å². The molecule has 0 heterocycles. The molecule has 0 aliphatic carbocycles. The SMILES string of the molecule is CC[C@@H](C(=O)NCC(C)C)N(Cc1cccc(OC)c1)C(=O)CN(c1ccccc1OC)S(C)(=O)=O. The van der Waals surface area contributed by atoms with E-state index >= 15 is 0 Å². The lowest BCUT2D eigenvalue weighted by atomic mass is 10.1. The van der Waals surface area contributed by atoms with Gasteiger partial charge in [0.1, 0.15) is 24.1 Å². The summed E-state index contributed by atoms with van der Waals surface area (Å²) >= 11 is 0. The number of methoxy groups -OCH3 is 2. The van der Waals surface area contributed by atoms with E-state index in [1.165, 1.54) is 12.0 Å². The number of hydrogen-bond acceptors (Lipinski definition) is 6. The summed E-state index contributed by atoms with van der Waals surface area (Å²) in [5, 5.41) is 2.90. The summed E-state index contributed by atoms with van der Waals surface area (Å²) in [7, 11) is -0.870. The van der Waals surface area contributed by atoms with Crippen LogP contribution in [0.3, 0.4) is 0 Å². The number of benzene rings is 2. The predicted molar refractivity (Wildman–Crippen MR) is 141 cm³/mol. The number of sulfonamides is 1. The minimum absolute atomic E-state index is 0.104. The van der Waals surface area contributed by atoms with E-state index in [1.54, 1.807) is 49.6 Å². The monoisotopic (exact) mass is 519 g/mol. The first-order chi connectivity index (χ1) is 17.0. The molecule has 0 aromatic heterocycles. The molecule has 0 aliphatic rings. The predicted octanol–water partition coefficient (Wildman–Crippen LogP) is 3.05. The second kappa shape index (κ2) is 13.2. The van der Waals surface area contributed by atoms with Crippen molar-refractivity contribution >= 4 is 27.5 Å². The van der Waals surface area contributed by atoms with Crippen LogP contribution in [0.25, 0.3) is 0 Å². The highest BCUT2D eigenvalue weighted by atomic mass is 32.2. The summed E-state index contributed by atoms with van der Waals surface area (Å²) in [6.45, 7) is 5.87. The molecule has 0 saturated heterocycles. The van der Waals surface area contributed by atoms with Gasteiger partial charge in [-0.2, -0.15) is 0 Å². The Labute approximate surface area is 214 Å². The van der Waals surface area contributed by atoms with E-state index in [1.807, 2.05) is 26.8 Å². The Hall–Kier alpha value is -3.27. The van der Waals surface area contributed by atoms with Crippen molar-refractivity contribution in [3.05, 3.63) is 54.1 Å². The van der Waals surface area contributed by atoms with Gasteiger partial charge in [0.2, 0.25) is 21.8 Å². The zero-order valence-corrected chi connectivity index (χ0v) is 22.7. The van der Waals surface area contributed by atoms with E-state index in [2.05, 4.69) is 5.32 Å². The van der Waals surface area contributed by atoms with Crippen molar-refractivity contribution in [3.63, 3.8) is 0 Å². The third-order valence-electron chi connectivity index (χ3n) is 5.59. The van der Waals surface area contributed by atoms with Gasteiger partial charge in [-0.25, -0.2) is 8.42 Å². The smallest absolute Gasteiger partial charge is 0.244 e. The Morgan fingerprint density at radius 1 is 1.03 bits per heavy atom. The van der Waals surface area contributed by atoms with Crippen LogP contribution in [0.4, 0.5) is 5.69 Å². The van der Waals surface area contributed by atoms with Crippen LogP contribution in [0.15, 0.2) is 48.5 Å². The molecule has 0 spiro atoms. The average Bonchev–Trinajstić information content (AvgIpc) is 2.85. The Balaban J connectivity index is 2.47. The fourth-order valence-corrected chi connectivity index (χ4v) is 4.59. The van der Waals surface area contributed by atoms with Gasteiger partial charge in [0.05, 0.1) is 26.2 Å². The molecule has 0 saturated carbocycles. The highest BCUT2D eigenvalue weighted by Gasteiger charge is 2.32. The lowest BCUT2D eigenvalue weighted by Crippen LogP contribution is -2.52. The Morgan fingerprint density at radius 3 is 2.31 bits per heavy atom. The van der Waals surface area contributed by atoms with Crippen LogP contribution >= 0.6 is 0 Å². The standard InChI is InChI=1S/C26H37N3O6S/c1-7-22(26(31)27-16-19(2)3)28(17-20-11-10-12-21(15-20)34-4)25(30)18-29(36(6,32)33)23-13-8-9-14-24(23)35-5/h8-15,19,22H,7,16-18H2,1-6H3,(H,27,31)/t22-/m0/s1. The number of amides is 2. The molecule has 0 radical (unpaired) electrons. The van der Waals surface area contributed by atoms with E-state index in [9.17, 15) is 18.0 Å². The van der Waals surface area contributed by atoms with Crippen molar-refractivity contribution in [2.24, 2.45) is 5.92 Å². The van der Waals surface area contributed by atoms with Crippen LogP contribution in [0.5, 0.6) is 11.5 Å². The van der Waals surface area contributed by atoms with Gasteiger partial charge in [0.15, 0.2) is 0 Å². The van der Waals surface area contributed by atoms with E-state index in [4.69, 9.17) is 9.47 Å². The molecule has 1 atom stereocenters. The van der Waals surface area contributed by atoms with Crippen LogP contribution < -0.4 is 19.1 Å². The molecule has 2 aromatic rings. The molecule has 2 aromatic carbocycles. The topological polar surface area (TPSA) is 105 Å². The van der Waals surface area contributed by atoms with Gasteiger partial charge < -0.3 is 19.7 Å². The Kier molecular flexibility index (Phi) is 10.6. The second-order valence-electron chi connectivity index (χ2n) is 8.88.